The van der Waals surface area contributed by atoms with Gasteiger partial charge in [0.15, 0.2) is 17.5 Å². The van der Waals surface area contributed by atoms with Gasteiger partial charge in [0.25, 0.3) is 0 Å². The number of aliphatic imine (C=N–C) groups is 1. The monoisotopic (exact) mass is 460 g/mol. The Hall–Kier alpha value is -1.55. The van der Waals surface area contributed by atoms with Gasteiger partial charge >= 0.3 is 0 Å². The summed E-state index contributed by atoms with van der Waals surface area (Å²) < 4.78 is 10.9. The molecule has 0 aliphatic carbocycles. The summed E-state index contributed by atoms with van der Waals surface area (Å²) in [7, 11) is 3.78. The zero-order chi connectivity index (χ0) is 16.2. The van der Waals surface area contributed by atoms with Crippen LogP contribution in [-0.4, -0.2) is 36.7 Å². The number of hydrogen-bond acceptors (Lipinski definition) is 5. The summed E-state index contributed by atoms with van der Waals surface area (Å²) in [5, 5.41) is 6.51. The number of ether oxygens (including phenoxy) is 2. The van der Waals surface area contributed by atoms with Crippen LogP contribution in [0, 0.1) is 6.92 Å². The summed E-state index contributed by atoms with van der Waals surface area (Å²) >= 11 is 1.66. The highest BCUT2D eigenvalue weighted by Crippen LogP contribution is 2.35. The Morgan fingerprint density at radius 2 is 2.25 bits per heavy atom. The average Bonchev–Trinajstić information content (AvgIpc) is 3.17. The predicted octanol–water partition coefficient (Wildman–Crippen LogP) is 3.01. The molecule has 0 saturated heterocycles. The van der Waals surface area contributed by atoms with Crippen molar-refractivity contribution in [1.29, 1.82) is 0 Å². The molecule has 1 aliphatic heterocycles. The zero-order valence-corrected chi connectivity index (χ0v) is 17.1. The van der Waals surface area contributed by atoms with Gasteiger partial charge in [-0.1, -0.05) is 12.1 Å². The Morgan fingerprint density at radius 3 is 2.96 bits per heavy atom. The minimum atomic E-state index is 0. The molecule has 0 fully saturated rings. The van der Waals surface area contributed by atoms with E-state index in [0.29, 0.717) is 6.54 Å². The highest BCUT2D eigenvalue weighted by Gasteiger charge is 2.17. The highest BCUT2D eigenvalue weighted by molar-refractivity contribution is 14.0. The van der Waals surface area contributed by atoms with E-state index >= 15 is 0 Å². The largest absolute Gasteiger partial charge is 0.454 e. The number of rotatable bonds is 4. The zero-order valence-electron chi connectivity index (χ0n) is 13.9. The van der Waals surface area contributed by atoms with E-state index in [0.717, 1.165) is 40.3 Å². The third-order valence-electron chi connectivity index (χ3n) is 3.55. The highest BCUT2D eigenvalue weighted by atomic mass is 127. The molecular weight excluding hydrogens is 439 g/mol. The standard InChI is InChI=1S/C16H20N4O2S.HI/c1-11-19-13(9-23-11)8-20(3)16(17-2)18-7-12-5-4-6-14-15(12)22-10-21-14;/h4-6,9H,7-8,10H2,1-3H3,(H,17,18);1H. The van der Waals surface area contributed by atoms with E-state index in [4.69, 9.17) is 9.47 Å². The van der Waals surface area contributed by atoms with Crippen molar-refractivity contribution >= 4 is 41.3 Å². The molecule has 3 rings (SSSR count). The maximum atomic E-state index is 5.53. The lowest BCUT2D eigenvalue weighted by atomic mass is 10.2. The van der Waals surface area contributed by atoms with E-state index in [1.165, 1.54) is 0 Å². The molecule has 0 atom stereocenters. The topological polar surface area (TPSA) is 59.0 Å². The summed E-state index contributed by atoms with van der Waals surface area (Å²) in [6.45, 7) is 3.64. The molecule has 1 N–H and O–H groups in total. The summed E-state index contributed by atoms with van der Waals surface area (Å²) in [5.74, 6) is 2.42. The number of halogens is 1. The molecule has 0 bridgehead atoms. The molecule has 24 heavy (non-hydrogen) atoms. The Morgan fingerprint density at radius 1 is 1.42 bits per heavy atom. The van der Waals surface area contributed by atoms with Crippen LogP contribution in [0.1, 0.15) is 16.3 Å². The molecule has 2 heterocycles. The second-order valence-electron chi connectivity index (χ2n) is 5.27. The predicted molar refractivity (Wildman–Crippen MR) is 106 cm³/mol. The van der Waals surface area contributed by atoms with Crippen LogP contribution >= 0.6 is 35.3 Å². The molecule has 0 spiro atoms. The molecule has 6 nitrogen and oxygen atoms in total. The number of nitrogens with zero attached hydrogens (tertiary/aromatic N) is 3. The van der Waals surface area contributed by atoms with Crippen LogP contribution in [0.3, 0.4) is 0 Å². The van der Waals surface area contributed by atoms with Crippen molar-refractivity contribution in [1.82, 2.24) is 15.2 Å². The third-order valence-corrected chi connectivity index (χ3v) is 4.38. The second kappa shape index (κ2) is 8.52. The number of benzene rings is 1. The van der Waals surface area contributed by atoms with Crippen LogP contribution in [0.5, 0.6) is 11.5 Å². The number of thiazole rings is 1. The fraction of sp³-hybridized carbons (Fsp3) is 0.375. The van der Waals surface area contributed by atoms with Crippen LogP contribution in [0.25, 0.3) is 0 Å². The average molecular weight is 460 g/mol. The molecule has 1 aromatic carbocycles. The number of fused-ring (bicyclic) bond motifs is 1. The van der Waals surface area contributed by atoms with Gasteiger partial charge in [-0.05, 0) is 13.0 Å². The van der Waals surface area contributed by atoms with Gasteiger partial charge in [0.2, 0.25) is 6.79 Å². The Labute approximate surface area is 162 Å². The molecule has 1 aromatic heterocycles. The first kappa shape index (κ1) is 18.8. The van der Waals surface area contributed by atoms with E-state index in [1.807, 2.05) is 32.2 Å². The van der Waals surface area contributed by atoms with Crippen LogP contribution in [-0.2, 0) is 13.1 Å². The Balaban J connectivity index is 0.00000208. The summed E-state index contributed by atoms with van der Waals surface area (Å²) in [6, 6.07) is 5.91. The van der Waals surface area contributed by atoms with Crippen LogP contribution < -0.4 is 14.8 Å². The van der Waals surface area contributed by atoms with Crippen molar-refractivity contribution in [3.05, 3.63) is 39.8 Å². The normalized spacial score (nSPS) is 12.7. The quantitative estimate of drug-likeness (QED) is 0.432. The fourth-order valence-electron chi connectivity index (χ4n) is 2.49. The van der Waals surface area contributed by atoms with Gasteiger partial charge < -0.3 is 19.7 Å². The van der Waals surface area contributed by atoms with Crippen LogP contribution in [0.2, 0.25) is 0 Å². The number of hydrogen-bond donors (Lipinski definition) is 1. The summed E-state index contributed by atoms with van der Waals surface area (Å²) in [5.41, 5.74) is 2.11. The number of aromatic nitrogens is 1. The van der Waals surface area contributed by atoms with Gasteiger partial charge in [-0.15, -0.1) is 35.3 Å². The molecule has 0 unspecified atom stereocenters. The molecular formula is C16H21IN4O2S. The minimum Gasteiger partial charge on any atom is -0.454 e. The van der Waals surface area contributed by atoms with Gasteiger partial charge in [-0.3, -0.25) is 4.99 Å². The molecule has 0 amide bonds. The van der Waals surface area contributed by atoms with Gasteiger partial charge in [-0.25, -0.2) is 4.98 Å². The number of para-hydroxylation sites is 1. The van der Waals surface area contributed by atoms with Crippen LogP contribution in [0.4, 0.5) is 0 Å². The van der Waals surface area contributed by atoms with E-state index < -0.39 is 0 Å². The smallest absolute Gasteiger partial charge is 0.231 e. The van der Waals surface area contributed by atoms with Crippen molar-refractivity contribution in [2.24, 2.45) is 4.99 Å². The lowest BCUT2D eigenvalue weighted by Crippen LogP contribution is -2.38. The van der Waals surface area contributed by atoms with E-state index in [-0.39, 0.29) is 30.8 Å². The maximum Gasteiger partial charge on any atom is 0.231 e. The lowest BCUT2D eigenvalue weighted by molar-refractivity contribution is 0.173. The van der Waals surface area contributed by atoms with Crippen molar-refractivity contribution in [2.45, 2.75) is 20.0 Å². The fourth-order valence-corrected chi connectivity index (χ4v) is 3.09. The van der Waals surface area contributed by atoms with Crippen molar-refractivity contribution < 1.29 is 9.47 Å². The molecule has 8 heteroatoms. The molecule has 0 saturated carbocycles. The van der Waals surface area contributed by atoms with Crippen molar-refractivity contribution in [3.63, 3.8) is 0 Å². The SMILES string of the molecule is CN=C(NCc1cccc2c1OCO2)N(C)Cc1csc(C)n1.I. The minimum absolute atomic E-state index is 0. The first-order valence-corrected chi connectivity index (χ1v) is 8.25. The van der Waals surface area contributed by atoms with Gasteiger partial charge in [0, 0.05) is 31.6 Å². The Bertz CT molecular complexity index is 720. The summed E-state index contributed by atoms with van der Waals surface area (Å²) in [6.07, 6.45) is 0. The van der Waals surface area contributed by atoms with Crippen molar-refractivity contribution in [2.75, 3.05) is 20.9 Å². The van der Waals surface area contributed by atoms with E-state index in [1.54, 1.807) is 18.4 Å². The number of guanidine groups is 1. The molecule has 0 radical (unpaired) electrons. The van der Waals surface area contributed by atoms with E-state index in [2.05, 4.69) is 25.6 Å². The van der Waals surface area contributed by atoms with Crippen LogP contribution in [0.15, 0.2) is 28.6 Å². The lowest BCUT2D eigenvalue weighted by Gasteiger charge is -2.21. The second-order valence-corrected chi connectivity index (χ2v) is 6.33. The number of aryl methyl sites for hydroxylation is 1. The van der Waals surface area contributed by atoms with Gasteiger partial charge in [-0.2, -0.15) is 0 Å². The summed E-state index contributed by atoms with van der Waals surface area (Å²) in [4.78, 5) is 10.9. The van der Waals surface area contributed by atoms with E-state index in [9.17, 15) is 0 Å². The molecule has 2 aromatic rings. The molecule has 130 valence electrons. The Kier molecular flexibility index (Phi) is 6.67. The first-order valence-electron chi connectivity index (χ1n) is 7.37. The number of nitrogens with one attached hydrogen (secondary N) is 1. The van der Waals surface area contributed by atoms with Gasteiger partial charge in [0.1, 0.15) is 0 Å². The first-order chi connectivity index (χ1) is 11.2. The maximum absolute atomic E-state index is 5.53. The van der Waals surface area contributed by atoms with Crippen molar-refractivity contribution in [3.8, 4) is 11.5 Å². The van der Waals surface area contributed by atoms with Gasteiger partial charge in [0.05, 0.1) is 17.2 Å². The third kappa shape index (κ3) is 4.29. The molecule has 1 aliphatic rings.